The van der Waals surface area contributed by atoms with Crippen molar-refractivity contribution < 1.29 is 13.2 Å². The zero-order valence-electron chi connectivity index (χ0n) is 16.2. The molecule has 3 aromatic rings. The molecule has 0 bridgehead atoms. The monoisotopic (exact) mass is 441 g/mol. The average molecular weight is 442 g/mol. The number of anilines is 1. The number of rotatable bonds is 6. The highest BCUT2D eigenvalue weighted by Gasteiger charge is 2.21. The van der Waals surface area contributed by atoms with Crippen LogP contribution >= 0.6 is 11.6 Å². The van der Waals surface area contributed by atoms with Crippen LogP contribution in [0.15, 0.2) is 82.8 Å². The third-order valence-electron chi connectivity index (χ3n) is 4.87. The van der Waals surface area contributed by atoms with Crippen LogP contribution in [0.4, 0.5) is 5.69 Å². The molecule has 0 amide bonds. The number of nitrogens with zero attached hydrogens (tertiary/aromatic N) is 1. The fourth-order valence-electron chi connectivity index (χ4n) is 3.21. The molecule has 1 atom stereocenters. The molecule has 0 aromatic heterocycles. The van der Waals surface area contributed by atoms with Gasteiger partial charge in [-0.3, -0.25) is 4.72 Å². The number of sulfonamides is 1. The van der Waals surface area contributed by atoms with Crippen molar-refractivity contribution in [2.45, 2.75) is 17.4 Å². The van der Waals surface area contributed by atoms with Gasteiger partial charge in [-0.1, -0.05) is 35.9 Å². The number of benzene rings is 3. The van der Waals surface area contributed by atoms with E-state index in [0.29, 0.717) is 10.7 Å². The number of hydrazone groups is 1. The van der Waals surface area contributed by atoms with Gasteiger partial charge >= 0.3 is 0 Å². The maximum atomic E-state index is 12.5. The van der Waals surface area contributed by atoms with Gasteiger partial charge in [-0.15, -0.1) is 0 Å². The summed E-state index contributed by atoms with van der Waals surface area (Å²) in [5.41, 5.74) is 6.63. The zero-order valence-corrected chi connectivity index (χ0v) is 17.7. The quantitative estimate of drug-likeness (QED) is 0.586. The van der Waals surface area contributed by atoms with Gasteiger partial charge in [-0.2, -0.15) is 5.10 Å². The Hall–Kier alpha value is -3.03. The molecule has 6 nitrogen and oxygen atoms in total. The molecule has 3 aromatic carbocycles. The van der Waals surface area contributed by atoms with Crippen LogP contribution in [0, 0.1) is 0 Å². The number of halogens is 1. The number of hydrogen-bond donors (Lipinski definition) is 2. The van der Waals surface area contributed by atoms with Crippen LogP contribution < -0.4 is 14.9 Å². The maximum absolute atomic E-state index is 12.5. The van der Waals surface area contributed by atoms with E-state index in [-0.39, 0.29) is 10.9 Å². The Labute approximate surface area is 180 Å². The predicted molar refractivity (Wildman–Crippen MR) is 119 cm³/mol. The van der Waals surface area contributed by atoms with E-state index < -0.39 is 10.0 Å². The summed E-state index contributed by atoms with van der Waals surface area (Å²) in [5, 5.41) is 4.93. The summed E-state index contributed by atoms with van der Waals surface area (Å²) in [6, 6.07) is 21.2. The Balaban J connectivity index is 1.43. The van der Waals surface area contributed by atoms with E-state index in [2.05, 4.69) is 15.2 Å². The van der Waals surface area contributed by atoms with Gasteiger partial charge in [0.2, 0.25) is 0 Å². The van der Waals surface area contributed by atoms with E-state index in [1.165, 1.54) is 12.1 Å². The fourth-order valence-corrected chi connectivity index (χ4v) is 4.39. The van der Waals surface area contributed by atoms with Gasteiger partial charge in [-0.05, 0) is 59.7 Å². The van der Waals surface area contributed by atoms with Crippen molar-refractivity contribution >= 4 is 33.0 Å². The van der Waals surface area contributed by atoms with Crippen LogP contribution in [0.2, 0.25) is 5.02 Å². The van der Waals surface area contributed by atoms with Crippen LogP contribution in [0.5, 0.6) is 5.75 Å². The van der Waals surface area contributed by atoms with E-state index in [9.17, 15) is 8.42 Å². The fraction of sp³-hybridized carbons (Fsp3) is 0.136. The van der Waals surface area contributed by atoms with E-state index >= 15 is 0 Å². The minimum absolute atomic E-state index is 0.0917. The molecular weight excluding hydrogens is 422 g/mol. The summed E-state index contributed by atoms with van der Waals surface area (Å²) in [7, 11) is -2.03. The molecule has 2 N–H and O–H groups in total. The topological polar surface area (TPSA) is 79.8 Å². The molecule has 1 unspecified atom stereocenters. The van der Waals surface area contributed by atoms with E-state index in [0.717, 1.165) is 29.0 Å². The highest BCUT2D eigenvalue weighted by molar-refractivity contribution is 7.92. The first-order valence-electron chi connectivity index (χ1n) is 9.29. The van der Waals surface area contributed by atoms with Gasteiger partial charge in [-0.25, -0.2) is 8.42 Å². The van der Waals surface area contributed by atoms with Crippen LogP contribution in [-0.2, 0) is 10.0 Å². The first-order chi connectivity index (χ1) is 14.4. The Morgan fingerprint density at radius 1 is 1.00 bits per heavy atom. The van der Waals surface area contributed by atoms with Crippen LogP contribution in [-0.4, -0.2) is 21.2 Å². The summed E-state index contributed by atoms with van der Waals surface area (Å²) in [5.74, 6) is 0.814. The summed E-state index contributed by atoms with van der Waals surface area (Å²) < 4.78 is 32.8. The minimum atomic E-state index is -3.67. The Kier molecular flexibility index (Phi) is 5.65. The summed E-state index contributed by atoms with van der Waals surface area (Å²) in [6.45, 7) is 0. The largest absolute Gasteiger partial charge is 0.497 e. The SMILES string of the molecule is COc1ccc(C2CC(c3ccc(NS(=O)(=O)c4ccc(Cl)cc4)cc3)=NN2)cc1. The van der Waals surface area contributed by atoms with Crippen molar-refractivity contribution in [3.63, 3.8) is 0 Å². The highest BCUT2D eigenvalue weighted by Crippen LogP contribution is 2.27. The molecule has 0 aliphatic carbocycles. The second kappa shape index (κ2) is 8.38. The minimum Gasteiger partial charge on any atom is -0.497 e. The van der Waals surface area contributed by atoms with Gasteiger partial charge in [0.15, 0.2) is 0 Å². The summed E-state index contributed by atoms with van der Waals surface area (Å²) in [4.78, 5) is 0.155. The van der Waals surface area contributed by atoms with Crippen molar-refractivity contribution in [1.29, 1.82) is 0 Å². The van der Waals surface area contributed by atoms with Crippen molar-refractivity contribution in [3.05, 3.63) is 88.9 Å². The molecule has 30 heavy (non-hydrogen) atoms. The lowest BCUT2D eigenvalue weighted by Crippen LogP contribution is -2.13. The highest BCUT2D eigenvalue weighted by atomic mass is 35.5. The van der Waals surface area contributed by atoms with Gasteiger partial charge in [0.1, 0.15) is 5.75 Å². The summed E-state index contributed by atoms with van der Waals surface area (Å²) in [6.07, 6.45) is 0.738. The molecule has 4 rings (SSSR count). The Morgan fingerprint density at radius 3 is 2.30 bits per heavy atom. The molecule has 0 spiro atoms. The standard InChI is InChI=1S/C22H20ClN3O3S/c1-29-19-10-4-16(5-11-19)22-14-21(24-25-22)15-2-8-18(9-3-15)26-30(27,28)20-12-6-17(23)7-13-20/h2-13,22,25-26H,14H2,1H3. The Bertz CT molecular complexity index is 1160. The third-order valence-corrected chi connectivity index (χ3v) is 6.51. The molecule has 0 fully saturated rings. The van der Waals surface area contributed by atoms with Gasteiger partial charge < -0.3 is 10.2 Å². The third kappa shape index (κ3) is 4.42. The normalized spacial score (nSPS) is 15.9. The molecule has 154 valence electrons. The molecule has 8 heteroatoms. The van der Waals surface area contributed by atoms with Gasteiger partial charge in [0, 0.05) is 17.1 Å². The lowest BCUT2D eigenvalue weighted by molar-refractivity contribution is 0.414. The van der Waals surface area contributed by atoms with Gasteiger partial charge in [0.05, 0.1) is 23.8 Å². The van der Waals surface area contributed by atoms with Gasteiger partial charge in [0.25, 0.3) is 10.0 Å². The van der Waals surface area contributed by atoms with E-state index in [4.69, 9.17) is 16.3 Å². The first kappa shape index (κ1) is 20.3. The molecule has 1 aliphatic rings. The molecular formula is C22H20ClN3O3S. The second-order valence-electron chi connectivity index (χ2n) is 6.85. The van der Waals surface area contributed by atoms with Crippen molar-refractivity contribution in [2.75, 3.05) is 11.8 Å². The van der Waals surface area contributed by atoms with Crippen molar-refractivity contribution in [3.8, 4) is 5.75 Å². The molecule has 1 heterocycles. The molecule has 0 saturated heterocycles. The van der Waals surface area contributed by atoms with Crippen molar-refractivity contribution in [2.24, 2.45) is 5.10 Å². The average Bonchev–Trinajstić information content (AvgIpc) is 3.25. The number of methoxy groups -OCH3 is 1. The zero-order chi connectivity index (χ0) is 21.1. The number of nitrogens with one attached hydrogen (secondary N) is 2. The predicted octanol–water partition coefficient (Wildman–Crippen LogP) is 4.59. The van der Waals surface area contributed by atoms with Crippen molar-refractivity contribution in [1.82, 2.24) is 5.43 Å². The number of hydrogen-bond acceptors (Lipinski definition) is 5. The molecule has 1 aliphatic heterocycles. The molecule has 0 radical (unpaired) electrons. The summed E-state index contributed by atoms with van der Waals surface area (Å²) >= 11 is 5.83. The smallest absolute Gasteiger partial charge is 0.261 e. The van der Waals surface area contributed by atoms with E-state index in [1.54, 1.807) is 31.4 Å². The molecule has 0 saturated carbocycles. The maximum Gasteiger partial charge on any atom is 0.261 e. The van der Waals surface area contributed by atoms with Crippen LogP contribution in [0.1, 0.15) is 23.6 Å². The lowest BCUT2D eigenvalue weighted by atomic mass is 9.99. The van der Waals surface area contributed by atoms with Crippen LogP contribution in [0.25, 0.3) is 0 Å². The van der Waals surface area contributed by atoms with E-state index in [1.807, 2.05) is 36.4 Å². The number of ether oxygens (including phenoxy) is 1. The Morgan fingerprint density at radius 2 is 1.67 bits per heavy atom. The van der Waals surface area contributed by atoms with Crippen LogP contribution in [0.3, 0.4) is 0 Å². The lowest BCUT2D eigenvalue weighted by Gasteiger charge is -2.11. The second-order valence-corrected chi connectivity index (χ2v) is 8.97. The first-order valence-corrected chi connectivity index (χ1v) is 11.2.